The van der Waals surface area contributed by atoms with Crippen LogP contribution in [0.2, 0.25) is 0 Å². The summed E-state index contributed by atoms with van der Waals surface area (Å²) >= 11 is 0. The highest BCUT2D eigenvalue weighted by molar-refractivity contribution is 7.10. The molecule has 0 aliphatic heterocycles. The summed E-state index contributed by atoms with van der Waals surface area (Å²) in [5.41, 5.74) is 0.386. The minimum atomic E-state index is -0.587. The number of ether oxygens (including phenoxy) is 1. The van der Waals surface area contributed by atoms with Gasteiger partial charge in [-0.1, -0.05) is 12.1 Å². The maximum atomic E-state index is 11.2. The summed E-state index contributed by atoms with van der Waals surface area (Å²) in [6.07, 6.45) is 0. The van der Waals surface area contributed by atoms with Crippen LogP contribution < -0.4 is 0 Å². The molecule has 0 aromatic heterocycles. The molecule has 14 heavy (non-hydrogen) atoms. The van der Waals surface area contributed by atoms with Crippen molar-refractivity contribution in [3.8, 4) is 0 Å². The van der Waals surface area contributed by atoms with Gasteiger partial charge in [-0.15, -0.1) is 0 Å². The van der Waals surface area contributed by atoms with E-state index in [-0.39, 0.29) is 11.1 Å². The number of hydrogen-bond donors (Lipinski definition) is 0. The standard InChI is InChI=1S/C9H9O4P/c1-12-8(10)6-4-2-3-5-7(6)9(11)13-14/h2-5H,14H2,1H3. The number of hydrogen-bond acceptors (Lipinski definition) is 4. The largest absolute Gasteiger partial charge is 0.465 e. The molecule has 1 aromatic carbocycles. The first-order chi connectivity index (χ1) is 6.70. The maximum Gasteiger partial charge on any atom is 0.341 e. The van der Waals surface area contributed by atoms with Gasteiger partial charge >= 0.3 is 11.9 Å². The van der Waals surface area contributed by atoms with E-state index in [4.69, 9.17) is 0 Å². The topological polar surface area (TPSA) is 52.6 Å². The van der Waals surface area contributed by atoms with E-state index < -0.39 is 11.9 Å². The Hall–Kier alpha value is -1.41. The molecule has 0 bridgehead atoms. The second-order valence-electron chi connectivity index (χ2n) is 2.44. The fraction of sp³-hybridized carbons (Fsp3) is 0.111. The van der Waals surface area contributed by atoms with Crippen molar-refractivity contribution in [1.29, 1.82) is 0 Å². The highest BCUT2D eigenvalue weighted by atomic mass is 31.0. The Bertz CT molecular complexity index is 327. The van der Waals surface area contributed by atoms with E-state index in [0.717, 1.165) is 0 Å². The highest BCUT2D eigenvalue weighted by Crippen LogP contribution is 2.12. The molecule has 5 heteroatoms. The Morgan fingerprint density at radius 3 is 2.07 bits per heavy atom. The first-order valence-electron chi connectivity index (χ1n) is 3.79. The molecule has 74 valence electrons. The molecule has 0 N–H and O–H groups in total. The SMILES string of the molecule is COC(=O)c1ccccc1C(=O)OP. The summed E-state index contributed by atoms with van der Waals surface area (Å²) in [7, 11) is 3.09. The molecule has 0 aliphatic carbocycles. The Labute approximate surface area is 83.5 Å². The van der Waals surface area contributed by atoms with E-state index in [1.54, 1.807) is 12.1 Å². The predicted molar refractivity (Wildman–Crippen MR) is 52.9 cm³/mol. The lowest BCUT2D eigenvalue weighted by Gasteiger charge is -2.04. The van der Waals surface area contributed by atoms with Crippen molar-refractivity contribution in [2.45, 2.75) is 0 Å². The van der Waals surface area contributed by atoms with Crippen LogP contribution in [-0.2, 0) is 9.26 Å². The molecule has 1 atom stereocenters. The number of carbonyl (C=O) groups is 2. The summed E-state index contributed by atoms with van der Waals surface area (Å²) in [6, 6.07) is 6.29. The summed E-state index contributed by atoms with van der Waals surface area (Å²) in [5.74, 6) is -1.15. The molecule has 0 heterocycles. The Morgan fingerprint density at radius 1 is 1.14 bits per heavy atom. The van der Waals surface area contributed by atoms with Crippen molar-refractivity contribution in [1.82, 2.24) is 0 Å². The fourth-order valence-electron chi connectivity index (χ4n) is 1.01. The van der Waals surface area contributed by atoms with E-state index in [1.807, 2.05) is 9.47 Å². The van der Waals surface area contributed by atoms with Crippen molar-refractivity contribution in [3.63, 3.8) is 0 Å². The Kier molecular flexibility index (Phi) is 3.60. The van der Waals surface area contributed by atoms with Crippen LogP contribution in [0.5, 0.6) is 0 Å². The molecule has 0 spiro atoms. The van der Waals surface area contributed by atoms with Gasteiger partial charge in [0, 0.05) is 0 Å². The molecule has 4 nitrogen and oxygen atoms in total. The third kappa shape index (κ3) is 2.09. The monoisotopic (exact) mass is 212 g/mol. The van der Waals surface area contributed by atoms with Gasteiger partial charge in [0.1, 0.15) is 0 Å². The van der Waals surface area contributed by atoms with Crippen LogP contribution in [0.25, 0.3) is 0 Å². The van der Waals surface area contributed by atoms with Crippen molar-refractivity contribution < 1.29 is 18.8 Å². The summed E-state index contributed by atoms with van der Waals surface area (Å²) in [6.45, 7) is 0. The molecule has 0 saturated carbocycles. The van der Waals surface area contributed by atoms with E-state index in [2.05, 4.69) is 9.26 Å². The zero-order valence-corrected chi connectivity index (χ0v) is 8.67. The first kappa shape index (κ1) is 10.7. The summed E-state index contributed by atoms with van der Waals surface area (Å²) in [4.78, 5) is 22.4. The predicted octanol–water partition coefficient (Wildman–Crippen LogP) is 1.42. The maximum absolute atomic E-state index is 11.2. The van der Waals surface area contributed by atoms with Crippen LogP contribution in [0.15, 0.2) is 24.3 Å². The van der Waals surface area contributed by atoms with E-state index in [1.165, 1.54) is 19.2 Å². The van der Waals surface area contributed by atoms with Gasteiger partial charge in [0.2, 0.25) is 0 Å². The lowest BCUT2D eigenvalue weighted by atomic mass is 10.1. The van der Waals surface area contributed by atoms with Crippen molar-refractivity contribution in [2.75, 3.05) is 7.11 Å². The molecule has 1 aromatic rings. The van der Waals surface area contributed by atoms with Gasteiger partial charge in [0.15, 0.2) is 0 Å². The number of rotatable bonds is 2. The number of methoxy groups -OCH3 is 1. The Morgan fingerprint density at radius 2 is 1.64 bits per heavy atom. The van der Waals surface area contributed by atoms with Crippen LogP contribution in [0.3, 0.4) is 0 Å². The first-order valence-corrected chi connectivity index (χ1v) is 4.26. The van der Waals surface area contributed by atoms with Gasteiger partial charge in [0.05, 0.1) is 27.7 Å². The molecule has 0 aliphatic rings. The zero-order valence-electron chi connectivity index (χ0n) is 7.52. The van der Waals surface area contributed by atoms with Gasteiger partial charge in [-0.2, -0.15) is 0 Å². The molecular formula is C9H9O4P. The van der Waals surface area contributed by atoms with Gasteiger partial charge in [-0.3, -0.25) is 0 Å². The lowest BCUT2D eigenvalue weighted by molar-refractivity contribution is 0.0590. The summed E-state index contributed by atoms with van der Waals surface area (Å²) in [5, 5.41) is 0. The highest BCUT2D eigenvalue weighted by Gasteiger charge is 2.16. The van der Waals surface area contributed by atoms with Crippen LogP contribution in [-0.4, -0.2) is 19.0 Å². The van der Waals surface area contributed by atoms with Gasteiger partial charge in [-0.05, 0) is 12.1 Å². The van der Waals surface area contributed by atoms with Gasteiger partial charge in [-0.25, -0.2) is 9.59 Å². The van der Waals surface area contributed by atoms with Crippen molar-refractivity contribution in [3.05, 3.63) is 35.4 Å². The minimum absolute atomic E-state index is 0.189. The molecule has 0 fully saturated rings. The van der Waals surface area contributed by atoms with Crippen molar-refractivity contribution in [2.24, 2.45) is 0 Å². The quantitative estimate of drug-likeness (QED) is 0.549. The average molecular weight is 212 g/mol. The third-order valence-corrected chi connectivity index (χ3v) is 1.87. The number of carbonyl (C=O) groups excluding carboxylic acids is 2. The van der Waals surface area contributed by atoms with E-state index >= 15 is 0 Å². The molecule has 0 saturated heterocycles. The molecule has 1 rings (SSSR count). The fourth-order valence-corrected chi connectivity index (χ4v) is 1.14. The lowest BCUT2D eigenvalue weighted by Crippen LogP contribution is -2.09. The third-order valence-electron chi connectivity index (χ3n) is 1.66. The molecule has 0 radical (unpaired) electrons. The number of benzene rings is 1. The van der Waals surface area contributed by atoms with Crippen LogP contribution in [0.1, 0.15) is 20.7 Å². The van der Waals surface area contributed by atoms with E-state index in [9.17, 15) is 9.59 Å². The zero-order chi connectivity index (χ0) is 10.6. The summed E-state index contributed by atoms with van der Waals surface area (Å²) < 4.78 is 8.96. The van der Waals surface area contributed by atoms with Gasteiger partial charge < -0.3 is 9.26 Å². The second kappa shape index (κ2) is 4.72. The van der Waals surface area contributed by atoms with Crippen molar-refractivity contribution >= 4 is 21.4 Å². The molecule has 0 amide bonds. The average Bonchev–Trinajstić information content (AvgIpc) is 2.27. The number of esters is 1. The normalized spacial score (nSPS) is 9.29. The van der Waals surface area contributed by atoms with Crippen LogP contribution in [0, 0.1) is 0 Å². The second-order valence-corrected chi connectivity index (χ2v) is 2.68. The van der Waals surface area contributed by atoms with Gasteiger partial charge in [0.25, 0.3) is 0 Å². The minimum Gasteiger partial charge on any atom is -0.465 e. The van der Waals surface area contributed by atoms with Crippen LogP contribution >= 0.6 is 9.47 Å². The smallest absolute Gasteiger partial charge is 0.341 e. The molecule has 1 unspecified atom stereocenters. The van der Waals surface area contributed by atoms with Crippen LogP contribution in [0.4, 0.5) is 0 Å². The molecular weight excluding hydrogens is 203 g/mol. The Balaban J connectivity index is 3.15. The van der Waals surface area contributed by atoms with E-state index in [0.29, 0.717) is 0 Å².